The Morgan fingerprint density at radius 1 is 1.00 bits per heavy atom. The second-order valence-corrected chi connectivity index (χ2v) is 7.95. The molecule has 2 saturated heterocycles. The van der Waals surface area contributed by atoms with E-state index in [4.69, 9.17) is 31.2 Å². The van der Waals surface area contributed by atoms with Gasteiger partial charge in [-0.05, 0) is 49.5 Å². The number of carbonyl (C=O) groups excluding carboxylic acids is 2. The number of carbonyl (C=O) groups is 2. The molecule has 0 saturated carbocycles. The largest absolute Gasteiger partial charge is 0.462 e. The molecule has 9 nitrogen and oxygen atoms in total. The van der Waals surface area contributed by atoms with Crippen molar-refractivity contribution in [1.82, 2.24) is 5.32 Å². The maximum atomic E-state index is 12.4. The number of anilines is 2. The minimum atomic E-state index is -0.661. The normalized spacial score (nSPS) is 23.3. The number of esters is 1. The van der Waals surface area contributed by atoms with Crippen LogP contribution in [-0.4, -0.2) is 61.3 Å². The van der Waals surface area contributed by atoms with Crippen LogP contribution in [0.2, 0.25) is 0 Å². The Kier molecular flexibility index (Phi) is 7.38. The summed E-state index contributed by atoms with van der Waals surface area (Å²) in [5, 5.41) is 9.42. The lowest BCUT2D eigenvalue weighted by atomic mass is 10.1. The fourth-order valence-electron chi connectivity index (χ4n) is 3.77. The first-order chi connectivity index (χ1) is 16.0. The van der Waals surface area contributed by atoms with E-state index in [0.717, 1.165) is 5.69 Å². The fraction of sp³-hybridized carbons (Fsp3) is 0.348. The molecule has 0 spiro atoms. The van der Waals surface area contributed by atoms with Crippen LogP contribution < -0.4 is 16.0 Å². The highest BCUT2D eigenvalue weighted by atomic mass is 32.1. The summed E-state index contributed by atoms with van der Waals surface area (Å²) < 4.78 is 22.2. The van der Waals surface area contributed by atoms with Gasteiger partial charge in [-0.15, -0.1) is 0 Å². The van der Waals surface area contributed by atoms with Crippen molar-refractivity contribution in [1.29, 1.82) is 0 Å². The maximum absolute atomic E-state index is 12.4. The van der Waals surface area contributed by atoms with Crippen molar-refractivity contribution in [3.63, 3.8) is 0 Å². The maximum Gasteiger partial charge on any atom is 0.412 e. The van der Waals surface area contributed by atoms with Crippen molar-refractivity contribution >= 4 is 40.8 Å². The summed E-state index contributed by atoms with van der Waals surface area (Å²) >= 11 is 5.39. The van der Waals surface area contributed by atoms with Crippen LogP contribution in [0.5, 0.6) is 0 Å². The Balaban J connectivity index is 1.28. The first-order valence-corrected chi connectivity index (χ1v) is 11.0. The third-order valence-electron chi connectivity index (χ3n) is 5.23. The summed E-state index contributed by atoms with van der Waals surface area (Å²) in [5.74, 6) is -0.459. The Hall–Kier alpha value is -3.21. The minimum absolute atomic E-state index is 0.170. The van der Waals surface area contributed by atoms with Gasteiger partial charge in [-0.2, -0.15) is 0 Å². The number of fused-ring (bicyclic) bond motifs is 1. The van der Waals surface area contributed by atoms with E-state index in [1.54, 1.807) is 25.1 Å². The van der Waals surface area contributed by atoms with Gasteiger partial charge in [0.15, 0.2) is 11.2 Å². The van der Waals surface area contributed by atoms with Crippen LogP contribution in [0.25, 0.3) is 0 Å². The number of hydrogen-bond acceptors (Lipinski definition) is 7. The van der Waals surface area contributed by atoms with Crippen LogP contribution in [-0.2, 0) is 18.9 Å². The van der Waals surface area contributed by atoms with Gasteiger partial charge in [0.05, 0.1) is 31.4 Å². The standard InChI is InChI=1S/C23H25N3O6S/c1-2-29-21(27)14-7-6-10-16(11-14)25-23(28)32-18-13-31-19-17(12-30-20(18)19)26-22(33)24-15-8-4-3-5-9-15/h3-11,17-20H,2,12-13H2,1H3,(H,25,28)(H2,24,26,33)/t17-,18+,19+,20+/m0/s1. The predicted molar refractivity (Wildman–Crippen MR) is 125 cm³/mol. The van der Waals surface area contributed by atoms with Gasteiger partial charge < -0.3 is 29.6 Å². The molecule has 2 aromatic carbocycles. The molecule has 4 rings (SSSR count). The molecule has 0 unspecified atom stereocenters. The first kappa shape index (κ1) is 23.0. The number of hydrogen-bond donors (Lipinski definition) is 3. The first-order valence-electron chi connectivity index (χ1n) is 10.6. The van der Waals surface area contributed by atoms with E-state index in [1.807, 2.05) is 30.3 Å². The Labute approximate surface area is 196 Å². The molecule has 33 heavy (non-hydrogen) atoms. The van der Waals surface area contributed by atoms with Gasteiger partial charge in [-0.3, -0.25) is 5.32 Å². The van der Waals surface area contributed by atoms with Gasteiger partial charge in [0, 0.05) is 11.4 Å². The van der Waals surface area contributed by atoms with Crippen LogP contribution in [0.15, 0.2) is 54.6 Å². The summed E-state index contributed by atoms with van der Waals surface area (Å²) in [6.07, 6.45) is -1.93. The van der Waals surface area contributed by atoms with Crippen molar-refractivity contribution in [2.24, 2.45) is 0 Å². The van der Waals surface area contributed by atoms with E-state index in [9.17, 15) is 9.59 Å². The number of ether oxygens (including phenoxy) is 4. The van der Waals surface area contributed by atoms with Crippen LogP contribution in [0.3, 0.4) is 0 Å². The van der Waals surface area contributed by atoms with Crippen LogP contribution in [0.4, 0.5) is 16.2 Å². The van der Waals surface area contributed by atoms with Crippen molar-refractivity contribution in [2.45, 2.75) is 31.3 Å². The van der Waals surface area contributed by atoms with Gasteiger partial charge in [0.2, 0.25) is 0 Å². The number of benzene rings is 2. The highest BCUT2D eigenvalue weighted by Crippen LogP contribution is 2.29. The van der Waals surface area contributed by atoms with Gasteiger partial charge >= 0.3 is 12.1 Å². The number of thiocarbonyl (C=S) groups is 1. The molecule has 4 atom stereocenters. The molecule has 2 aliphatic heterocycles. The van der Waals surface area contributed by atoms with E-state index >= 15 is 0 Å². The number of nitrogens with one attached hydrogen (secondary N) is 3. The molecule has 1 amide bonds. The van der Waals surface area contributed by atoms with Crippen LogP contribution in [0, 0.1) is 0 Å². The molecular weight excluding hydrogens is 446 g/mol. The molecule has 3 N–H and O–H groups in total. The molecular formula is C23H25N3O6S. The minimum Gasteiger partial charge on any atom is -0.462 e. The number of rotatable bonds is 6. The Morgan fingerprint density at radius 2 is 1.76 bits per heavy atom. The van der Waals surface area contributed by atoms with Gasteiger partial charge in [0.1, 0.15) is 12.2 Å². The van der Waals surface area contributed by atoms with Crippen molar-refractivity contribution < 1.29 is 28.5 Å². The zero-order chi connectivity index (χ0) is 23.2. The van der Waals surface area contributed by atoms with Crippen molar-refractivity contribution in [3.05, 3.63) is 60.2 Å². The lowest BCUT2D eigenvalue weighted by Crippen LogP contribution is -2.46. The van der Waals surface area contributed by atoms with E-state index in [2.05, 4.69) is 16.0 Å². The molecule has 0 aromatic heterocycles. The van der Waals surface area contributed by atoms with Gasteiger partial charge in [0.25, 0.3) is 0 Å². The molecule has 2 heterocycles. The summed E-state index contributed by atoms with van der Waals surface area (Å²) in [5.41, 5.74) is 1.64. The Bertz CT molecular complexity index is 1000. The average Bonchev–Trinajstić information content (AvgIpc) is 3.38. The molecule has 0 aliphatic carbocycles. The zero-order valence-electron chi connectivity index (χ0n) is 18.0. The molecule has 2 aliphatic rings. The number of para-hydroxylation sites is 1. The molecule has 2 aromatic rings. The second-order valence-electron chi connectivity index (χ2n) is 7.54. The summed E-state index contributed by atoms with van der Waals surface area (Å²) in [6, 6.07) is 15.9. The second kappa shape index (κ2) is 10.6. The summed E-state index contributed by atoms with van der Waals surface area (Å²) in [6.45, 7) is 2.58. The van der Waals surface area contributed by atoms with E-state index < -0.39 is 24.3 Å². The third-order valence-corrected chi connectivity index (χ3v) is 5.45. The molecule has 10 heteroatoms. The zero-order valence-corrected chi connectivity index (χ0v) is 18.8. The summed E-state index contributed by atoms with van der Waals surface area (Å²) in [7, 11) is 0. The van der Waals surface area contributed by atoms with E-state index in [0.29, 0.717) is 23.0 Å². The topological polar surface area (TPSA) is 107 Å². The van der Waals surface area contributed by atoms with E-state index in [-0.39, 0.29) is 25.4 Å². The smallest absolute Gasteiger partial charge is 0.412 e. The van der Waals surface area contributed by atoms with Gasteiger partial charge in [-0.25, -0.2) is 9.59 Å². The third kappa shape index (κ3) is 5.78. The van der Waals surface area contributed by atoms with Crippen LogP contribution >= 0.6 is 12.2 Å². The Morgan fingerprint density at radius 3 is 2.55 bits per heavy atom. The quantitative estimate of drug-likeness (QED) is 0.433. The highest BCUT2D eigenvalue weighted by molar-refractivity contribution is 7.80. The molecule has 2 fully saturated rings. The monoisotopic (exact) mass is 471 g/mol. The highest BCUT2D eigenvalue weighted by Gasteiger charge is 2.49. The fourth-order valence-corrected chi connectivity index (χ4v) is 4.04. The lowest BCUT2D eigenvalue weighted by Gasteiger charge is -2.20. The molecule has 174 valence electrons. The van der Waals surface area contributed by atoms with Crippen molar-refractivity contribution in [2.75, 3.05) is 30.5 Å². The SMILES string of the molecule is CCOC(=O)c1cccc(NC(=O)O[C@@H]2CO[C@H]3[C@@H]2OC[C@@H]3NC(=S)Nc2ccccc2)c1. The predicted octanol–water partition coefficient (Wildman–Crippen LogP) is 2.93. The summed E-state index contributed by atoms with van der Waals surface area (Å²) in [4.78, 5) is 24.3. The van der Waals surface area contributed by atoms with Crippen molar-refractivity contribution in [3.8, 4) is 0 Å². The van der Waals surface area contributed by atoms with Crippen LogP contribution in [0.1, 0.15) is 17.3 Å². The molecule has 0 bridgehead atoms. The average molecular weight is 472 g/mol. The van der Waals surface area contributed by atoms with Gasteiger partial charge in [-0.1, -0.05) is 24.3 Å². The lowest BCUT2D eigenvalue weighted by molar-refractivity contribution is 0.00879. The number of amides is 1. The molecule has 0 radical (unpaired) electrons. The van der Waals surface area contributed by atoms with E-state index in [1.165, 1.54) is 6.07 Å².